The van der Waals surface area contributed by atoms with Crippen molar-refractivity contribution >= 4 is 0 Å². The molecule has 0 spiro atoms. The van der Waals surface area contributed by atoms with Crippen molar-refractivity contribution in [2.75, 3.05) is 0 Å². The molecule has 2 unspecified atom stereocenters. The Kier molecular flexibility index (Phi) is 3.34. The Labute approximate surface area is 114 Å². The molecular formula is C17H20N2. The lowest BCUT2D eigenvalue weighted by Gasteiger charge is -2.20. The second kappa shape index (κ2) is 5.14. The molecule has 0 bridgehead atoms. The van der Waals surface area contributed by atoms with Gasteiger partial charge in [0.1, 0.15) is 0 Å². The summed E-state index contributed by atoms with van der Waals surface area (Å²) in [5.41, 5.74) is 5.29. The van der Waals surface area contributed by atoms with Crippen molar-refractivity contribution < 1.29 is 0 Å². The van der Waals surface area contributed by atoms with Gasteiger partial charge < -0.3 is 5.32 Å². The standard InChI is InChI=1S/C17H20N2/c1-12-5-7-14(8-6-12)13(2)19-16-10-9-15-4-3-11-18-17(15)16/h3-8,11,13,16,19H,9-10H2,1-2H3. The monoisotopic (exact) mass is 252 g/mol. The van der Waals surface area contributed by atoms with Crippen LogP contribution in [-0.2, 0) is 6.42 Å². The lowest BCUT2D eigenvalue weighted by molar-refractivity contribution is 0.458. The van der Waals surface area contributed by atoms with Crippen LogP contribution in [0, 0.1) is 6.92 Å². The van der Waals surface area contributed by atoms with E-state index in [4.69, 9.17) is 0 Å². The van der Waals surface area contributed by atoms with E-state index in [0.717, 1.165) is 12.8 Å². The molecule has 2 aromatic rings. The van der Waals surface area contributed by atoms with Gasteiger partial charge in [0.15, 0.2) is 0 Å². The summed E-state index contributed by atoms with van der Waals surface area (Å²) in [6, 6.07) is 13.8. The van der Waals surface area contributed by atoms with Crippen molar-refractivity contribution in [2.45, 2.75) is 38.8 Å². The van der Waals surface area contributed by atoms with Crippen LogP contribution in [0.2, 0.25) is 0 Å². The number of benzene rings is 1. The van der Waals surface area contributed by atoms with Crippen LogP contribution in [0.3, 0.4) is 0 Å². The highest BCUT2D eigenvalue weighted by Crippen LogP contribution is 2.31. The fourth-order valence-electron chi connectivity index (χ4n) is 2.83. The van der Waals surface area contributed by atoms with E-state index in [2.05, 4.69) is 54.5 Å². The maximum atomic E-state index is 4.54. The second-order valence-electron chi connectivity index (χ2n) is 5.44. The van der Waals surface area contributed by atoms with E-state index in [1.54, 1.807) is 0 Å². The van der Waals surface area contributed by atoms with Crippen LogP contribution in [0.15, 0.2) is 42.6 Å². The quantitative estimate of drug-likeness (QED) is 0.900. The minimum absolute atomic E-state index is 0.360. The molecule has 0 amide bonds. The number of fused-ring (bicyclic) bond motifs is 1. The molecule has 1 aliphatic rings. The van der Waals surface area contributed by atoms with Crippen molar-refractivity contribution in [1.29, 1.82) is 0 Å². The zero-order chi connectivity index (χ0) is 13.2. The fraction of sp³-hybridized carbons (Fsp3) is 0.353. The van der Waals surface area contributed by atoms with Crippen molar-refractivity contribution in [3.05, 3.63) is 65.0 Å². The smallest absolute Gasteiger partial charge is 0.0605 e. The van der Waals surface area contributed by atoms with Gasteiger partial charge in [-0.1, -0.05) is 35.9 Å². The van der Waals surface area contributed by atoms with E-state index < -0.39 is 0 Å². The molecule has 2 atom stereocenters. The first-order valence-corrected chi connectivity index (χ1v) is 7.00. The van der Waals surface area contributed by atoms with Gasteiger partial charge in [-0.15, -0.1) is 0 Å². The molecule has 0 radical (unpaired) electrons. The predicted molar refractivity (Wildman–Crippen MR) is 78.0 cm³/mol. The lowest BCUT2D eigenvalue weighted by Crippen LogP contribution is -2.23. The zero-order valence-electron chi connectivity index (χ0n) is 11.6. The molecule has 0 fully saturated rings. The summed E-state index contributed by atoms with van der Waals surface area (Å²) in [6.45, 7) is 4.35. The average molecular weight is 252 g/mol. The van der Waals surface area contributed by atoms with E-state index in [-0.39, 0.29) is 0 Å². The molecular weight excluding hydrogens is 232 g/mol. The highest BCUT2D eigenvalue weighted by Gasteiger charge is 2.24. The number of rotatable bonds is 3. The van der Waals surface area contributed by atoms with Crippen molar-refractivity contribution in [3.63, 3.8) is 0 Å². The minimum Gasteiger partial charge on any atom is -0.302 e. The van der Waals surface area contributed by atoms with Gasteiger partial charge in [0, 0.05) is 12.2 Å². The van der Waals surface area contributed by atoms with Gasteiger partial charge in [0.2, 0.25) is 0 Å². The van der Waals surface area contributed by atoms with Gasteiger partial charge in [0.05, 0.1) is 11.7 Å². The summed E-state index contributed by atoms with van der Waals surface area (Å²) in [4.78, 5) is 4.54. The number of nitrogens with zero attached hydrogens (tertiary/aromatic N) is 1. The van der Waals surface area contributed by atoms with Crippen LogP contribution in [0.4, 0.5) is 0 Å². The zero-order valence-corrected chi connectivity index (χ0v) is 11.6. The van der Waals surface area contributed by atoms with E-state index in [1.165, 1.54) is 22.4 Å². The van der Waals surface area contributed by atoms with E-state index in [9.17, 15) is 0 Å². The Balaban J connectivity index is 1.74. The SMILES string of the molecule is Cc1ccc(C(C)NC2CCc3cccnc32)cc1. The molecule has 2 heteroatoms. The van der Waals surface area contributed by atoms with Crippen LogP contribution in [0.5, 0.6) is 0 Å². The molecule has 3 rings (SSSR count). The molecule has 1 aromatic carbocycles. The summed E-state index contributed by atoms with van der Waals surface area (Å²) in [5.74, 6) is 0. The molecule has 2 nitrogen and oxygen atoms in total. The first kappa shape index (κ1) is 12.4. The Hall–Kier alpha value is -1.67. The molecule has 0 saturated carbocycles. The van der Waals surface area contributed by atoms with E-state index in [0.29, 0.717) is 12.1 Å². The summed E-state index contributed by atoms with van der Waals surface area (Å²) < 4.78 is 0. The predicted octanol–water partition coefficient (Wildman–Crippen LogP) is 3.73. The number of nitrogens with one attached hydrogen (secondary N) is 1. The van der Waals surface area contributed by atoms with Crippen molar-refractivity contribution in [2.24, 2.45) is 0 Å². The van der Waals surface area contributed by atoms with Crippen LogP contribution in [0.25, 0.3) is 0 Å². The van der Waals surface area contributed by atoms with Crippen LogP contribution in [-0.4, -0.2) is 4.98 Å². The number of aromatic nitrogens is 1. The number of pyridine rings is 1. The lowest BCUT2D eigenvalue weighted by atomic mass is 10.1. The molecule has 1 aromatic heterocycles. The number of hydrogen-bond acceptors (Lipinski definition) is 2. The normalized spacial score (nSPS) is 19.2. The van der Waals surface area contributed by atoms with Crippen molar-refractivity contribution in [3.8, 4) is 0 Å². The van der Waals surface area contributed by atoms with Crippen LogP contribution < -0.4 is 5.32 Å². The van der Waals surface area contributed by atoms with Gasteiger partial charge >= 0.3 is 0 Å². The summed E-state index contributed by atoms with van der Waals surface area (Å²) in [7, 11) is 0. The second-order valence-corrected chi connectivity index (χ2v) is 5.44. The Morgan fingerprint density at radius 3 is 2.79 bits per heavy atom. The van der Waals surface area contributed by atoms with Gasteiger partial charge in [-0.25, -0.2) is 0 Å². The number of hydrogen-bond donors (Lipinski definition) is 1. The number of aryl methyl sites for hydroxylation is 2. The Bertz CT molecular complexity index is 560. The highest BCUT2D eigenvalue weighted by atomic mass is 15.0. The van der Waals surface area contributed by atoms with Gasteiger partial charge in [0.25, 0.3) is 0 Å². The maximum absolute atomic E-state index is 4.54. The molecule has 19 heavy (non-hydrogen) atoms. The third-order valence-corrected chi connectivity index (χ3v) is 3.99. The molecule has 98 valence electrons. The average Bonchev–Trinajstić information content (AvgIpc) is 2.83. The maximum Gasteiger partial charge on any atom is 0.0605 e. The summed E-state index contributed by atoms with van der Waals surface area (Å²) >= 11 is 0. The first-order valence-electron chi connectivity index (χ1n) is 7.00. The Morgan fingerprint density at radius 2 is 2.00 bits per heavy atom. The van der Waals surface area contributed by atoms with Gasteiger partial charge in [-0.3, -0.25) is 4.98 Å². The molecule has 1 aliphatic carbocycles. The third kappa shape index (κ3) is 2.54. The molecule has 1 heterocycles. The molecule has 0 aliphatic heterocycles. The summed E-state index contributed by atoms with van der Waals surface area (Å²) in [6.07, 6.45) is 4.19. The highest BCUT2D eigenvalue weighted by molar-refractivity contribution is 5.29. The van der Waals surface area contributed by atoms with E-state index >= 15 is 0 Å². The largest absolute Gasteiger partial charge is 0.302 e. The molecule has 1 N–H and O–H groups in total. The topological polar surface area (TPSA) is 24.9 Å². The van der Waals surface area contributed by atoms with E-state index in [1.807, 2.05) is 12.3 Å². The van der Waals surface area contributed by atoms with Crippen LogP contribution in [0.1, 0.15) is 47.8 Å². The fourth-order valence-corrected chi connectivity index (χ4v) is 2.83. The van der Waals surface area contributed by atoms with Gasteiger partial charge in [-0.05, 0) is 43.9 Å². The first-order chi connectivity index (χ1) is 9.24. The minimum atomic E-state index is 0.360. The third-order valence-electron chi connectivity index (χ3n) is 3.99. The van der Waals surface area contributed by atoms with Crippen molar-refractivity contribution in [1.82, 2.24) is 10.3 Å². The molecule has 0 saturated heterocycles. The Morgan fingerprint density at radius 1 is 1.21 bits per heavy atom. The van der Waals surface area contributed by atoms with Crippen LogP contribution >= 0.6 is 0 Å². The summed E-state index contributed by atoms with van der Waals surface area (Å²) in [5, 5.41) is 3.71. The van der Waals surface area contributed by atoms with Gasteiger partial charge in [-0.2, -0.15) is 0 Å².